The molecule has 1 heterocycles. The zero-order chi connectivity index (χ0) is 13.8. The Balaban J connectivity index is 1.86. The molecule has 1 saturated heterocycles. The Bertz CT molecular complexity index is 413. The number of halogens is 1. The Labute approximate surface area is 120 Å². The van der Waals surface area contributed by atoms with E-state index < -0.39 is 0 Å². The summed E-state index contributed by atoms with van der Waals surface area (Å²) >= 11 is 6.14. The van der Waals surface area contributed by atoms with Gasteiger partial charge in [-0.1, -0.05) is 11.6 Å². The molecule has 3 nitrogen and oxygen atoms in total. The highest BCUT2D eigenvalue weighted by Gasteiger charge is 2.25. The third-order valence-electron chi connectivity index (χ3n) is 3.47. The smallest absolute Gasteiger partial charge is 0.120 e. The predicted molar refractivity (Wildman–Crippen MR) is 78.2 cm³/mol. The van der Waals surface area contributed by atoms with Crippen LogP contribution in [0.5, 0.6) is 5.75 Å². The fourth-order valence-electron chi connectivity index (χ4n) is 2.46. The molecule has 1 aromatic carbocycles. The van der Waals surface area contributed by atoms with Crippen LogP contribution in [0, 0.1) is 13.8 Å². The van der Waals surface area contributed by atoms with Gasteiger partial charge in [0.2, 0.25) is 0 Å². The van der Waals surface area contributed by atoms with E-state index in [1.807, 2.05) is 33.0 Å². The number of benzene rings is 1. The second-order valence-corrected chi connectivity index (χ2v) is 5.58. The van der Waals surface area contributed by atoms with Crippen LogP contribution in [0.4, 0.5) is 0 Å². The monoisotopic (exact) mass is 283 g/mol. The fraction of sp³-hybridized carbons (Fsp3) is 0.600. The summed E-state index contributed by atoms with van der Waals surface area (Å²) in [5.41, 5.74) is 2.11. The molecule has 2 atom stereocenters. The van der Waals surface area contributed by atoms with Crippen LogP contribution in [0.25, 0.3) is 0 Å². The van der Waals surface area contributed by atoms with E-state index in [4.69, 9.17) is 21.1 Å². The van der Waals surface area contributed by atoms with Crippen molar-refractivity contribution >= 4 is 11.6 Å². The largest absolute Gasteiger partial charge is 0.491 e. The molecule has 1 aromatic rings. The van der Waals surface area contributed by atoms with Crippen molar-refractivity contribution in [2.24, 2.45) is 0 Å². The van der Waals surface area contributed by atoms with Crippen LogP contribution in [0.15, 0.2) is 12.1 Å². The number of ether oxygens (including phenoxy) is 2. The van der Waals surface area contributed by atoms with E-state index in [0.29, 0.717) is 12.7 Å². The predicted octanol–water partition coefficient (Wildman–Crippen LogP) is 3.10. The Kier molecular flexibility index (Phi) is 5.08. The minimum Gasteiger partial charge on any atom is -0.491 e. The molecule has 0 radical (unpaired) electrons. The maximum absolute atomic E-state index is 6.14. The van der Waals surface area contributed by atoms with Crippen molar-refractivity contribution in [3.63, 3.8) is 0 Å². The van der Waals surface area contributed by atoms with E-state index in [-0.39, 0.29) is 6.10 Å². The van der Waals surface area contributed by atoms with Crippen LogP contribution in [0.3, 0.4) is 0 Å². The molecule has 1 aliphatic heterocycles. The summed E-state index contributed by atoms with van der Waals surface area (Å²) in [6.45, 7) is 5.52. The molecule has 2 rings (SSSR count). The lowest BCUT2D eigenvalue weighted by molar-refractivity contribution is 0.0193. The normalized spacial score (nSPS) is 22.7. The zero-order valence-corrected chi connectivity index (χ0v) is 12.6. The van der Waals surface area contributed by atoms with Crippen molar-refractivity contribution in [1.29, 1.82) is 0 Å². The highest BCUT2D eigenvalue weighted by atomic mass is 35.5. The van der Waals surface area contributed by atoms with Crippen molar-refractivity contribution < 1.29 is 9.47 Å². The van der Waals surface area contributed by atoms with Gasteiger partial charge in [-0.2, -0.15) is 0 Å². The van der Waals surface area contributed by atoms with Crippen molar-refractivity contribution in [3.8, 4) is 5.75 Å². The van der Waals surface area contributed by atoms with Crippen LogP contribution in [-0.2, 0) is 4.74 Å². The van der Waals surface area contributed by atoms with Gasteiger partial charge < -0.3 is 14.8 Å². The molecule has 0 spiro atoms. The van der Waals surface area contributed by atoms with Gasteiger partial charge in [-0.3, -0.25) is 0 Å². The summed E-state index contributed by atoms with van der Waals surface area (Å²) in [4.78, 5) is 0. The first kappa shape index (κ1) is 14.6. The number of rotatable bonds is 5. The molecule has 0 aromatic heterocycles. The fourth-order valence-corrected chi connectivity index (χ4v) is 2.57. The molecule has 1 fully saturated rings. The average Bonchev–Trinajstić information content (AvgIpc) is 2.81. The Morgan fingerprint density at radius 2 is 1.89 bits per heavy atom. The maximum atomic E-state index is 6.14. The third-order valence-corrected chi connectivity index (χ3v) is 4.07. The molecule has 19 heavy (non-hydrogen) atoms. The molecule has 0 amide bonds. The first-order valence-electron chi connectivity index (χ1n) is 6.79. The van der Waals surface area contributed by atoms with Crippen molar-refractivity contribution in [2.45, 2.75) is 38.9 Å². The molecule has 2 unspecified atom stereocenters. The molecule has 0 aliphatic carbocycles. The summed E-state index contributed by atoms with van der Waals surface area (Å²) < 4.78 is 11.7. The minimum absolute atomic E-state index is 0.203. The van der Waals surface area contributed by atoms with Crippen molar-refractivity contribution in [1.82, 2.24) is 5.32 Å². The summed E-state index contributed by atoms with van der Waals surface area (Å²) in [7, 11) is 1.95. The first-order valence-corrected chi connectivity index (χ1v) is 7.17. The topological polar surface area (TPSA) is 30.5 Å². The molecule has 0 bridgehead atoms. The van der Waals surface area contributed by atoms with Crippen molar-refractivity contribution in [2.75, 3.05) is 20.2 Å². The summed E-state index contributed by atoms with van der Waals surface area (Å²) in [6, 6.07) is 3.96. The van der Waals surface area contributed by atoms with Gasteiger partial charge in [0, 0.05) is 11.6 Å². The molecule has 0 saturated carbocycles. The molecular formula is C15H22ClNO2. The average molecular weight is 284 g/mol. The summed E-state index contributed by atoms with van der Waals surface area (Å²) in [5.74, 6) is 0.875. The Morgan fingerprint density at radius 1 is 1.26 bits per heavy atom. The van der Waals surface area contributed by atoms with Crippen LogP contribution in [0.1, 0.15) is 24.0 Å². The lowest BCUT2D eigenvalue weighted by atomic mass is 10.1. The van der Waals surface area contributed by atoms with E-state index in [1.54, 1.807) is 0 Å². The van der Waals surface area contributed by atoms with Crippen LogP contribution in [-0.4, -0.2) is 32.4 Å². The van der Waals surface area contributed by atoms with Gasteiger partial charge in [-0.05, 0) is 57.0 Å². The molecule has 1 N–H and O–H groups in total. The highest BCUT2D eigenvalue weighted by Crippen LogP contribution is 2.27. The molecule has 4 heteroatoms. The molecular weight excluding hydrogens is 262 g/mol. The van der Waals surface area contributed by atoms with Gasteiger partial charge >= 0.3 is 0 Å². The van der Waals surface area contributed by atoms with Gasteiger partial charge in [0.1, 0.15) is 12.4 Å². The molecule has 1 aliphatic rings. The van der Waals surface area contributed by atoms with Gasteiger partial charge in [0.05, 0.1) is 12.2 Å². The number of hydrogen-bond acceptors (Lipinski definition) is 3. The van der Waals surface area contributed by atoms with E-state index >= 15 is 0 Å². The quantitative estimate of drug-likeness (QED) is 0.901. The minimum atomic E-state index is 0.203. The lowest BCUT2D eigenvalue weighted by Gasteiger charge is -2.15. The molecule has 106 valence electrons. The van der Waals surface area contributed by atoms with Gasteiger partial charge in [0.15, 0.2) is 0 Å². The van der Waals surface area contributed by atoms with Gasteiger partial charge in [-0.25, -0.2) is 0 Å². The van der Waals surface area contributed by atoms with Gasteiger partial charge in [0.25, 0.3) is 0 Å². The van der Waals surface area contributed by atoms with E-state index in [2.05, 4.69) is 5.32 Å². The van der Waals surface area contributed by atoms with Crippen LogP contribution >= 0.6 is 11.6 Å². The number of nitrogens with one attached hydrogen (secondary N) is 1. The first-order chi connectivity index (χ1) is 9.10. The maximum Gasteiger partial charge on any atom is 0.120 e. The van der Waals surface area contributed by atoms with Crippen LogP contribution in [0.2, 0.25) is 5.02 Å². The lowest BCUT2D eigenvalue weighted by Crippen LogP contribution is -2.25. The van der Waals surface area contributed by atoms with E-state index in [9.17, 15) is 0 Å². The summed E-state index contributed by atoms with van der Waals surface area (Å²) in [6.07, 6.45) is 2.70. The standard InChI is InChI=1S/C15H22ClNO2/c1-10-6-14(7-11(2)15(10)16)18-9-13-5-4-12(19-13)8-17-3/h6-7,12-13,17H,4-5,8-9H2,1-3H3. The number of hydrogen-bond donors (Lipinski definition) is 1. The summed E-state index contributed by atoms with van der Waals surface area (Å²) in [5, 5.41) is 3.96. The number of aryl methyl sites for hydroxylation is 2. The van der Waals surface area contributed by atoms with Crippen molar-refractivity contribution in [3.05, 3.63) is 28.3 Å². The number of likely N-dealkylation sites (N-methyl/N-ethyl adjacent to an activating group) is 1. The zero-order valence-electron chi connectivity index (χ0n) is 11.8. The van der Waals surface area contributed by atoms with Crippen LogP contribution < -0.4 is 10.1 Å². The van der Waals surface area contributed by atoms with E-state index in [1.165, 1.54) is 0 Å². The SMILES string of the molecule is CNCC1CCC(COc2cc(C)c(Cl)c(C)c2)O1. The second kappa shape index (κ2) is 6.60. The van der Waals surface area contributed by atoms with Gasteiger partial charge in [-0.15, -0.1) is 0 Å². The Hall–Kier alpha value is -0.770. The highest BCUT2D eigenvalue weighted by molar-refractivity contribution is 6.32. The second-order valence-electron chi connectivity index (χ2n) is 5.20. The third kappa shape index (κ3) is 3.85. The van der Waals surface area contributed by atoms with E-state index in [0.717, 1.165) is 41.3 Å². The Morgan fingerprint density at radius 3 is 2.53 bits per heavy atom.